The molecule has 1 heterocycles. The second kappa shape index (κ2) is 11.2. The summed E-state index contributed by atoms with van der Waals surface area (Å²) in [7, 11) is 3.92. The van der Waals surface area contributed by atoms with Crippen molar-refractivity contribution in [3.8, 4) is 0 Å². The van der Waals surface area contributed by atoms with Gasteiger partial charge in [-0.1, -0.05) is 17.4 Å². The van der Waals surface area contributed by atoms with Crippen LogP contribution in [0.25, 0.3) is 16.3 Å². The molecule has 0 bridgehead atoms. The number of aromatic nitrogens is 1. The van der Waals surface area contributed by atoms with Gasteiger partial charge >= 0.3 is 0 Å². The predicted octanol–water partition coefficient (Wildman–Crippen LogP) is 4.96. The average molecular weight is 479 g/mol. The van der Waals surface area contributed by atoms with Crippen molar-refractivity contribution < 1.29 is 9.72 Å². The minimum Gasteiger partial charge on any atom is -0.308 e. The SMILES string of the molecule is CSc1cccc2sc(N(CCN(C)C)C(=O)C=Cc3ccc([N+](=O)[O-])cc3)nc12.Cl. The fourth-order valence-electron chi connectivity index (χ4n) is 2.76. The molecule has 1 aromatic heterocycles. The quantitative estimate of drug-likeness (QED) is 0.197. The van der Waals surface area contributed by atoms with Gasteiger partial charge in [-0.15, -0.1) is 24.2 Å². The molecular weight excluding hydrogens is 456 g/mol. The van der Waals surface area contributed by atoms with Crippen LogP contribution in [0, 0.1) is 10.1 Å². The van der Waals surface area contributed by atoms with E-state index < -0.39 is 4.92 Å². The molecular formula is C21H23ClN4O3S2. The number of likely N-dealkylation sites (N-methyl/N-ethyl adjacent to an activating group) is 1. The van der Waals surface area contributed by atoms with Crippen molar-refractivity contribution in [2.45, 2.75) is 4.90 Å². The number of halogens is 1. The smallest absolute Gasteiger partial charge is 0.269 e. The first-order valence-electron chi connectivity index (χ1n) is 9.21. The third-order valence-electron chi connectivity index (χ3n) is 4.38. The largest absolute Gasteiger partial charge is 0.308 e. The van der Waals surface area contributed by atoms with Crippen LogP contribution < -0.4 is 4.90 Å². The molecule has 0 atom stereocenters. The minimum atomic E-state index is -0.447. The zero-order chi connectivity index (χ0) is 21.7. The van der Waals surface area contributed by atoms with Crippen molar-refractivity contribution in [3.63, 3.8) is 0 Å². The predicted molar refractivity (Wildman–Crippen MR) is 132 cm³/mol. The van der Waals surface area contributed by atoms with Gasteiger partial charge in [-0.3, -0.25) is 19.8 Å². The Bertz CT molecular complexity index is 1080. The van der Waals surface area contributed by atoms with Gasteiger partial charge in [-0.25, -0.2) is 4.98 Å². The second-order valence-electron chi connectivity index (χ2n) is 6.78. The number of thioether (sulfide) groups is 1. The molecule has 0 spiro atoms. The van der Waals surface area contributed by atoms with E-state index in [0.29, 0.717) is 18.2 Å². The zero-order valence-electron chi connectivity index (χ0n) is 17.3. The standard InChI is InChI=1S/C21H22N4O3S2.ClH/c1-23(2)13-14-24(21-22-20-17(29-3)5-4-6-18(20)30-21)19(26)12-9-15-7-10-16(11-8-15)25(27)28;/h4-12H,13-14H2,1-3H3;1H. The highest BCUT2D eigenvalue weighted by Crippen LogP contribution is 2.34. The van der Waals surface area contributed by atoms with Crippen LogP contribution in [-0.2, 0) is 4.79 Å². The number of hydrogen-bond donors (Lipinski definition) is 0. The molecule has 0 saturated heterocycles. The van der Waals surface area contributed by atoms with E-state index in [4.69, 9.17) is 4.98 Å². The fourth-order valence-corrected chi connectivity index (χ4v) is 4.41. The fraction of sp³-hybridized carbons (Fsp3) is 0.238. The molecule has 3 rings (SSSR count). The molecule has 164 valence electrons. The molecule has 2 aromatic carbocycles. The van der Waals surface area contributed by atoms with Crippen LogP contribution in [0.5, 0.6) is 0 Å². The molecule has 0 aliphatic carbocycles. The van der Waals surface area contributed by atoms with Crippen LogP contribution in [0.15, 0.2) is 53.4 Å². The highest BCUT2D eigenvalue weighted by Gasteiger charge is 2.19. The summed E-state index contributed by atoms with van der Waals surface area (Å²) in [5.74, 6) is -0.181. The summed E-state index contributed by atoms with van der Waals surface area (Å²) in [5.41, 5.74) is 1.65. The van der Waals surface area contributed by atoms with Crippen molar-refractivity contribution >= 4 is 68.5 Å². The van der Waals surface area contributed by atoms with Crippen molar-refractivity contribution in [2.24, 2.45) is 0 Å². The van der Waals surface area contributed by atoms with Gasteiger partial charge in [0, 0.05) is 36.2 Å². The van der Waals surface area contributed by atoms with Gasteiger partial charge in [0.1, 0.15) is 0 Å². The maximum absolute atomic E-state index is 13.0. The Labute approximate surface area is 195 Å². The monoisotopic (exact) mass is 478 g/mol. The molecule has 7 nitrogen and oxygen atoms in total. The van der Waals surface area contributed by atoms with Crippen LogP contribution in [0.2, 0.25) is 0 Å². The van der Waals surface area contributed by atoms with Gasteiger partial charge in [-0.05, 0) is 56.3 Å². The van der Waals surface area contributed by atoms with Gasteiger partial charge < -0.3 is 4.90 Å². The number of thiazole rings is 1. The Morgan fingerprint density at radius 3 is 2.52 bits per heavy atom. The maximum Gasteiger partial charge on any atom is 0.269 e. The van der Waals surface area contributed by atoms with Crippen LogP contribution in [0.3, 0.4) is 0 Å². The van der Waals surface area contributed by atoms with Gasteiger partial charge in [-0.2, -0.15) is 0 Å². The summed E-state index contributed by atoms with van der Waals surface area (Å²) < 4.78 is 1.04. The van der Waals surface area contributed by atoms with E-state index in [0.717, 1.165) is 20.7 Å². The zero-order valence-corrected chi connectivity index (χ0v) is 19.8. The Balaban J connectivity index is 0.00000341. The Hall–Kier alpha value is -2.46. The number of hydrogen-bond acceptors (Lipinski definition) is 7. The number of carbonyl (C=O) groups excluding carboxylic acids is 1. The summed E-state index contributed by atoms with van der Waals surface area (Å²) in [4.78, 5) is 32.9. The van der Waals surface area contributed by atoms with Crippen molar-refractivity contribution in [3.05, 3.63) is 64.2 Å². The number of para-hydroxylation sites is 1. The molecule has 1 amide bonds. The molecule has 0 aliphatic rings. The first-order chi connectivity index (χ1) is 14.4. The van der Waals surface area contributed by atoms with E-state index in [1.807, 2.05) is 43.5 Å². The lowest BCUT2D eigenvalue weighted by Gasteiger charge is -2.20. The van der Waals surface area contributed by atoms with E-state index in [-0.39, 0.29) is 24.0 Å². The molecule has 0 fully saturated rings. The second-order valence-corrected chi connectivity index (χ2v) is 8.64. The topological polar surface area (TPSA) is 79.6 Å². The Morgan fingerprint density at radius 1 is 1.19 bits per heavy atom. The van der Waals surface area contributed by atoms with Gasteiger partial charge in [0.15, 0.2) is 5.13 Å². The Morgan fingerprint density at radius 2 is 1.90 bits per heavy atom. The number of nitrogens with zero attached hydrogens (tertiary/aromatic N) is 4. The molecule has 0 radical (unpaired) electrons. The summed E-state index contributed by atoms with van der Waals surface area (Å²) in [5, 5.41) is 11.4. The molecule has 0 saturated carbocycles. The summed E-state index contributed by atoms with van der Waals surface area (Å²) in [6.45, 7) is 1.20. The minimum absolute atomic E-state index is 0. The van der Waals surface area contributed by atoms with E-state index in [1.165, 1.54) is 29.5 Å². The summed E-state index contributed by atoms with van der Waals surface area (Å²) in [6.07, 6.45) is 5.16. The first-order valence-corrected chi connectivity index (χ1v) is 11.3. The number of nitro benzene ring substituents is 1. The molecule has 0 N–H and O–H groups in total. The number of non-ortho nitro benzene ring substituents is 1. The normalized spacial score (nSPS) is 11.1. The molecule has 0 unspecified atom stereocenters. The van der Waals surface area contributed by atoms with Crippen LogP contribution in [0.1, 0.15) is 5.56 Å². The van der Waals surface area contributed by atoms with Crippen LogP contribution in [-0.4, -0.2) is 54.2 Å². The lowest BCUT2D eigenvalue weighted by molar-refractivity contribution is -0.384. The number of anilines is 1. The highest BCUT2D eigenvalue weighted by atomic mass is 35.5. The van der Waals surface area contributed by atoms with Crippen LogP contribution in [0.4, 0.5) is 10.8 Å². The molecule has 31 heavy (non-hydrogen) atoms. The number of rotatable bonds is 8. The maximum atomic E-state index is 13.0. The van der Waals surface area contributed by atoms with Gasteiger partial charge in [0.2, 0.25) is 0 Å². The first kappa shape index (κ1) is 24.8. The highest BCUT2D eigenvalue weighted by molar-refractivity contribution is 7.98. The summed E-state index contributed by atoms with van der Waals surface area (Å²) in [6, 6.07) is 12.1. The lowest BCUT2D eigenvalue weighted by atomic mass is 10.2. The number of fused-ring (bicyclic) bond motifs is 1. The third kappa shape index (κ3) is 6.27. The molecule has 0 aliphatic heterocycles. The molecule has 3 aromatic rings. The van der Waals surface area contributed by atoms with Gasteiger partial charge in [0.25, 0.3) is 11.6 Å². The van der Waals surface area contributed by atoms with Gasteiger partial charge in [0.05, 0.1) is 15.1 Å². The number of nitro groups is 1. The average Bonchev–Trinajstić information content (AvgIpc) is 3.16. The summed E-state index contributed by atoms with van der Waals surface area (Å²) >= 11 is 3.13. The number of benzene rings is 2. The number of amides is 1. The van der Waals surface area contributed by atoms with Crippen molar-refractivity contribution in [1.82, 2.24) is 9.88 Å². The van der Waals surface area contributed by atoms with E-state index in [1.54, 1.807) is 34.9 Å². The van der Waals surface area contributed by atoms with Crippen molar-refractivity contribution in [2.75, 3.05) is 38.3 Å². The van der Waals surface area contributed by atoms with Crippen LogP contribution >= 0.6 is 35.5 Å². The Kier molecular flexibility index (Phi) is 9.00. The van der Waals surface area contributed by atoms with E-state index in [9.17, 15) is 14.9 Å². The lowest BCUT2D eigenvalue weighted by Crippen LogP contribution is -2.35. The van der Waals surface area contributed by atoms with E-state index >= 15 is 0 Å². The third-order valence-corrected chi connectivity index (χ3v) is 6.19. The van der Waals surface area contributed by atoms with E-state index in [2.05, 4.69) is 0 Å². The number of carbonyl (C=O) groups is 1. The molecule has 10 heteroatoms. The van der Waals surface area contributed by atoms with Crippen molar-refractivity contribution in [1.29, 1.82) is 0 Å².